The van der Waals surface area contributed by atoms with Gasteiger partial charge in [-0.3, -0.25) is 4.79 Å². The molecule has 0 saturated heterocycles. The maximum atomic E-state index is 13.1. The topological polar surface area (TPSA) is 54.5 Å². The summed E-state index contributed by atoms with van der Waals surface area (Å²) < 4.78 is 24.5. The largest absolute Gasteiger partial charge is 0.306 e. The molecule has 0 fully saturated rings. The first-order chi connectivity index (χ1) is 12.1. The van der Waals surface area contributed by atoms with E-state index in [1.54, 1.807) is 30.9 Å². The van der Waals surface area contributed by atoms with Gasteiger partial charge < -0.3 is 4.90 Å². The number of carbonyl (C=O) groups excluding carboxylic acids is 1. The molecule has 26 heavy (non-hydrogen) atoms. The van der Waals surface area contributed by atoms with Gasteiger partial charge in [0.25, 0.3) is 5.91 Å². The predicted molar refractivity (Wildman–Crippen MR) is 107 cm³/mol. The fourth-order valence-corrected chi connectivity index (χ4v) is 3.86. The Morgan fingerprint density at radius 1 is 0.923 bits per heavy atom. The molecule has 0 aliphatic rings. The first-order valence-electron chi connectivity index (χ1n) is 8.80. The standard InChI is InChI=1S/C21H27NO3S/c1-14(2)22(20-13-16(5)7-8-17(20)6)21(23)18-9-11-19(12-10-18)26(24,25)15(3)4/h7-15H,1-6H3. The van der Waals surface area contributed by atoms with Gasteiger partial charge in [0.05, 0.1) is 10.1 Å². The molecule has 2 aromatic carbocycles. The molecule has 0 spiro atoms. The molecule has 0 bridgehead atoms. The summed E-state index contributed by atoms with van der Waals surface area (Å²) in [7, 11) is -3.35. The zero-order valence-corrected chi connectivity index (χ0v) is 17.1. The molecule has 4 nitrogen and oxygen atoms in total. The van der Waals surface area contributed by atoms with Crippen LogP contribution in [0.1, 0.15) is 49.2 Å². The Bertz CT molecular complexity index is 897. The van der Waals surface area contributed by atoms with Crippen LogP contribution in [0, 0.1) is 13.8 Å². The van der Waals surface area contributed by atoms with Crippen LogP contribution in [0.2, 0.25) is 0 Å². The lowest BCUT2D eigenvalue weighted by molar-refractivity contribution is 0.0980. The number of amides is 1. The van der Waals surface area contributed by atoms with E-state index >= 15 is 0 Å². The highest BCUT2D eigenvalue weighted by molar-refractivity contribution is 7.92. The van der Waals surface area contributed by atoms with Crippen LogP contribution >= 0.6 is 0 Å². The Hall–Kier alpha value is -2.14. The van der Waals surface area contributed by atoms with Crippen LogP contribution in [0.4, 0.5) is 5.69 Å². The number of anilines is 1. The minimum atomic E-state index is -3.35. The number of benzene rings is 2. The van der Waals surface area contributed by atoms with Crippen molar-refractivity contribution in [1.29, 1.82) is 0 Å². The smallest absolute Gasteiger partial charge is 0.258 e. The normalized spacial score (nSPS) is 11.8. The number of rotatable bonds is 5. The van der Waals surface area contributed by atoms with E-state index in [4.69, 9.17) is 0 Å². The van der Waals surface area contributed by atoms with E-state index < -0.39 is 15.1 Å². The van der Waals surface area contributed by atoms with Crippen molar-refractivity contribution in [1.82, 2.24) is 0 Å². The SMILES string of the molecule is Cc1ccc(C)c(N(C(=O)c2ccc(S(=O)(=O)C(C)C)cc2)C(C)C)c1. The average Bonchev–Trinajstić information content (AvgIpc) is 2.57. The summed E-state index contributed by atoms with van der Waals surface area (Å²) in [6, 6.07) is 12.2. The molecule has 0 atom stereocenters. The highest BCUT2D eigenvalue weighted by Crippen LogP contribution is 2.26. The van der Waals surface area contributed by atoms with Gasteiger partial charge in [0.15, 0.2) is 9.84 Å². The highest BCUT2D eigenvalue weighted by Gasteiger charge is 2.24. The predicted octanol–water partition coefficient (Wildman–Crippen LogP) is 4.54. The molecule has 0 N–H and O–H groups in total. The molecule has 140 valence electrons. The molecule has 5 heteroatoms. The molecule has 2 aromatic rings. The van der Waals surface area contributed by atoms with Gasteiger partial charge in [0.1, 0.15) is 0 Å². The molecular formula is C21H27NO3S. The van der Waals surface area contributed by atoms with Crippen molar-refractivity contribution in [2.45, 2.75) is 57.7 Å². The van der Waals surface area contributed by atoms with Crippen molar-refractivity contribution in [2.75, 3.05) is 4.90 Å². The molecule has 0 unspecified atom stereocenters. The molecule has 0 radical (unpaired) electrons. The van der Waals surface area contributed by atoms with E-state index in [0.717, 1.165) is 16.8 Å². The number of hydrogen-bond donors (Lipinski definition) is 0. The van der Waals surface area contributed by atoms with Crippen LogP contribution in [-0.2, 0) is 9.84 Å². The Labute approximate surface area is 156 Å². The van der Waals surface area contributed by atoms with E-state index in [1.807, 2.05) is 45.9 Å². The molecule has 0 saturated carbocycles. The summed E-state index contributed by atoms with van der Waals surface area (Å²) in [5.41, 5.74) is 3.46. The summed E-state index contributed by atoms with van der Waals surface area (Å²) in [5.74, 6) is -0.137. The second-order valence-electron chi connectivity index (χ2n) is 7.18. The maximum absolute atomic E-state index is 13.1. The first kappa shape index (κ1) is 20.2. The van der Waals surface area contributed by atoms with E-state index in [9.17, 15) is 13.2 Å². The summed E-state index contributed by atoms with van der Waals surface area (Å²) in [6.45, 7) is 11.2. The van der Waals surface area contributed by atoms with Gasteiger partial charge in [-0.15, -0.1) is 0 Å². The van der Waals surface area contributed by atoms with Crippen LogP contribution < -0.4 is 4.90 Å². The Kier molecular flexibility index (Phi) is 5.91. The number of sulfone groups is 1. The summed E-state index contributed by atoms with van der Waals surface area (Å²) in [4.78, 5) is 15.1. The lowest BCUT2D eigenvalue weighted by Gasteiger charge is -2.29. The Balaban J connectivity index is 2.43. The van der Waals surface area contributed by atoms with Gasteiger partial charge in [-0.1, -0.05) is 12.1 Å². The number of hydrogen-bond acceptors (Lipinski definition) is 3. The number of carbonyl (C=O) groups is 1. The molecule has 2 rings (SSSR count). The second-order valence-corrected chi connectivity index (χ2v) is 9.68. The Morgan fingerprint density at radius 3 is 2.00 bits per heavy atom. The van der Waals surface area contributed by atoms with Crippen LogP contribution in [-0.4, -0.2) is 25.6 Å². The molecule has 0 aliphatic carbocycles. The van der Waals surface area contributed by atoms with E-state index in [1.165, 1.54) is 12.1 Å². The third kappa shape index (κ3) is 3.98. The second kappa shape index (κ2) is 7.62. The van der Waals surface area contributed by atoms with Crippen molar-refractivity contribution in [3.63, 3.8) is 0 Å². The Morgan fingerprint density at radius 2 is 1.50 bits per heavy atom. The van der Waals surface area contributed by atoms with Gasteiger partial charge in [0.2, 0.25) is 0 Å². The number of nitrogens with zero attached hydrogens (tertiary/aromatic N) is 1. The van der Waals surface area contributed by atoms with Crippen molar-refractivity contribution in [3.05, 3.63) is 59.2 Å². The molecular weight excluding hydrogens is 346 g/mol. The van der Waals surface area contributed by atoms with Crippen molar-refractivity contribution < 1.29 is 13.2 Å². The third-order valence-corrected chi connectivity index (χ3v) is 6.58. The zero-order valence-electron chi connectivity index (χ0n) is 16.3. The monoisotopic (exact) mass is 373 g/mol. The van der Waals surface area contributed by atoms with Gasteiger partial charge in [-0.05, 0) is 83.0 Å². The maximum Gasteiger partial charge on any atom is 0.258 e. The lowest BCUT2D eigenvalue weighted by atomic mass is 10.1. The third-order valence-electron chi connectivity index (χ3n) is 4.41. The van der Waals surface area contributed by atoms with E-state index in [-0.39, 0.29) is 16.8 Å². The van der Waals surface area contributed by atoms with Crippen LogP contribution in [0.25, 0.3) is 0 Å². The van der Waals surface area contributed by atoms with Crippen LogP contribution in [0.5, 0.6) is 0 Å². The average molecular weight is 374 g/mol. The van der Waals surface area contributed by atoms with Crippen molar-refractivity contribution in [3.8, 4) is 0 Å². The summed E-state index contributed by atoms with van der Waals surface area (Å²) in [5, 5.41) is -0.494. The molecule has 1 amide bonds. The molecule has 0 heterocycles. The first-order valence-corrected chi connectivity index (χ1v) is 10.3. The lowest BCUT2D eigenvalue weighted by Crippen LogP contribution is -2.37. The molecule has 0 aromatic heterocycles. The zero-order chi connectivity index (χ0) is 19.6. The minimum absolute atomic E-state index is 0.0259. The van der Waals surface area contributed by atoms with Crippen molar-refractivity contribution >= 4 is 21.4 Å². The summed E-state index contributed by atoms with van der Waals surface area (Å²) in [6.07, 6.45) is 0. The van der Waals surface area contributed by atoms with Gasteiger partial charge in [-0.25, -0.2) is 8.42 Å². The van der Waals surface area contributed by atoms with Crippen LogP contribution in [0.15, 0.2) is 47.4 Å². The van der Waals surface area contributed by atoms with Crippen molar-refractivity contribution in [2.24, 2.45) is 0 Å². The number of aryl methyl sites for hydroxylation is 2. The van der Waals surface area contributed by atoms with E-state index in [0.29, 0.717) is 5.56 Å². The fraction of sp³-hybridized carbons (Fsp3) is 0.381. The fourth-order valence-electron chi connectivity index (χ4n) is 2.80. The van der Waals surface area contributed by atoms with Gasteiger partial charge in [0, 0.05) is 17.3 Å². The summed E-state index contributed by atoms with van der Waals surface area (Å²) >= 11 is 0. The van der Waals surface area contributed by atoms with Gasteiger partial charge in [-0.2, -0.15) is 0 Å². The minimum Gasteiger partial charge on any atom is -0.306 e. The van der Waals surface area contributed by atoms with Crippen LogP contribution in [0.3, 0.4) is 0 Å². The van der Waals surface area contributed by atoms with Gasteiger partial charge >= 0.3 is 0 Å². The highest BCUT2D eigenvalue weighted by atomic mass is 32.2. The quantitative estimate of drug-likeness (QED) is 0.773. The molecule has 0 aliphatic heterocycles. The van der Waals surface area contributed by atoms with E-state index in [2.05, 4.69) is 0 Å².